The van der Waals surface area contributed by atoms with Crippen molar-refractivity contribution >= 4 is 29.5 Å². The van der Waals surface area contributed by atoms with Crippen LogP contribution in [0.3, 0.4) is 0 Å². The van der Waals surface area contributed by atoms with E-state index in [4.69, 9.17) is 9.47 Å². The first-order chi connectivity index (χ1) is 34.5. The Hall–Kier alpha value is -5.37. The lowest BCUT2D eigenvalue weighted by atomic mass is 9.47. The van der Waals surface area contributed by atoms with Crippen molar-refractivity contribution < 1.29 is 44.3 Å². The van der Waals surface area contributed by atoms with Crippen molar-refractivity contribution in [3.05, 3.63) is 100 Å². The number of fused-ring (bicyclic) bond motifs is 5. The van der Waals surface area contributed by atoms with Crippen molar-refractivity contribution in [1.82, 2.24) is 20.3 Å². The summed E-state index contributed by atoms with van der Waals surface area (Å²) >= 11 is 0. The highest BCUT2D eigenvalue weighted by Gasteiger charge is 2.59. The molecule has 72 heavy (non-hydrogen) atoms. The van der Waals surface area contributed by atoms with Gasteiger partial charge < -0.3 is 35.2 Å². The number of rotatable bonds is 25. The number of aliphatic hydroxyl groups excluding tert-OH is 2. The largest absolute Gasteiger partial charge is 0.508 e. The first kappa shape index (κ1) is 54.4. The lowest BCUT2D eigenvalue weighted by Gasteiger charge is -2.58. The van der Waals surface area contributed by atoms with Crippen LogP contribution in [0.2, 0.25) is 0 Å². The summed E-state index contributed by atoms with van der Waals surface area (Å²) in [6.45, 7) is 12.6. The third-order valence-electron chi connectivity index (χ3n) is 17.2. The fourth-order valence-electron chi connectivity index (χ4n) is 13.1. The van der Waals surface area contributed by atoms with E-state index in [0.29, 0.717) is 46.8 Å². The fraction of sp³-hybridized carbons (Fsp3) is 0.576. The normalized spacial score (nSPS) is 25.7. The van der Waals surface area contributed by atoms with Crippen LogP contribution in [-0.2, 0) is 38.7 Å². The number of methoxy groups -OCH3 is 1. The smallest absolute Gasteiger partial charge is 0.185 e. The number of phenols is 2. The maximum absolute atomic E-state index is 13.6. The highest BCUT2D eigenvalue weighted by atomic mass is 16.5. The van der Waals surface area contributed by atoms with Gasteiger partial charge in [-0.3, -0.25) is 19.1 Å². The Morgan fingerprint density at radius 2 is 1.64 bits per heavy atom. The first-order valence-electron chi connectivity index (χ1n) is 26.6. The molecule has 0 bridgehead atoms. The second-order valence-electron chi connectivity index (χ2n) is 22.3. The zero-order valence-electron chi connectivity index (χ0n) is 43.6. The Morgan fingerprint density at radius 3 is 2.39 bits per heavy atom. The number of hydrogen-bond acceptors (Lipinski definition) is 12. The Balaban J connectivity index is 0.843. The number of carbonyl (C=O) groups excluding carboxylic acids is 3. The van der Waals surface area contributed by atoms with Crippen LogP contribution in [-0.4, -0.2) is 85.7 Å². The highest BCUT2D eigenvalue weighted by molar-refractivity contribution is 6.07. The number of Topliss-reactive ketones (excluding diaryl/α,β-unsaturated/α-hetero) is 2. The van der Waals surface area contributed by atoms with Crippen LogP contribution in [0.25, 0.3) is 12.2 Å². The molecule has 0 amide bonds. The average molecular weight is 989 g/mol. The maximum Gasteiger partial charge on any atom is 0.185 e. The Kier molecular flexibility index (Phi) is 18.6. The molecule has 0 spiro atoms. The molecule has 8 atom stereocenters. The molecule has 0 radical (unpaired) electrons. The molecule has 1 heterocycles. The van der Waals surface area contributed by atoms with E-state index in [0.717, 1.165) is 48.3 Å². The molecule has 4 aliphatic carbocycles. The lowest BCUT2D eigenvalue weighted by molar-refractivity contribution is -0.128. The van der Waals surface area contributed by atoms with E-state index in [9.17, 15) is 34.8 Å². The summed E-state index contributed by atoms with van der Waals surface area (Å²) in [4.78, 5) is 39.2. The van der Waals surface area contributed by atoms with Gasteiger partial charge in [-0.1, -0.05) is 95.0 Å². The number of ether oxygens (including phenoxy) is 2. The van der Waals surface area contributed by atoms with E-state index in [1.54, 1.807) is 42.1 Å². The van der Waals surface area contributed by atoms with Crippen molar-refractivity contribution in [3.8, 4) is 17.2 Å². The molecule has 3 saturated carbocycles. The van der Waals surface area contributed by atoms with Gasteiger partial charge in [0.15, 0.2) is 28.8 Å². The van der Waals surface area contributed by atoms with E-state index in [-0.39, 0.29) is 84.8 Å². The first-order valence-corrected chi connectivity index (χ1v) is 26.6. The summed E-state index contributed by atoms with van der Waals surface area (Å²) in [7, 11) is 1.42. The topological polar surface area (TPSA) is 193 Å². The molecular weight excluding hydrogens is 909 g/mol. The van der Waals surface area contributed by atoms with Crippen LogP contribution in [0.4, 0.5) is 0 Å². The number of nitrogens with one attached hydrogen (secondary N) is 1. The molecular formula is C59H80N4O9. The third kappa shape index (κ3) is 13.2. The molecule has 2 aromatic carbocycles. The number of nitrogens with zero attached hydrogens (tertiary/aromatic N) is 3. The minimum atomic E-state index is -0.518. The van der Waals surface area contributed by atoms with Crippen LogP contribution in [0, 0.1) is 46.3 Å². The molecule has 0 saturated heterocycles. The predicted molar refractivity (Wildman–Crippen MR) is 280 cm³/mol. The number of aryl methyl sites for hydroxylation is 1. The van der Waals surface area contributed by atoms with E-state index in [1.807, 2.05) is 0 Å². The number of allylic oxidation sites excluding steroid dienone is 4. The van der Waals surface area contributed by atoms with Crippen LogP contribution in [0.15, 0.2) is 77.7 Å². The minimum Gasteiger partial charge on any atom is -0.508 e. The summed E-state index contributed by atoms with van der Waals surface area (Å²) in [6, 6.07) is 9.57. The summed E-state index contributed by atoms with van der Waals surface area (Å²) in [5.74, 6) is 3.96. The number of ketones is 3. The zero-order chi connectivity index (χ0) is 51.6. The molecule has 7 rings (SSSR count). The van der Waals surface area contributed by atoms with Crippen molar-refractivity contribution in [2.45, 2.75) is 144 Å². The number of hydrogen-bond donors (Lipinski definition) is 5. The Bertz CT molecular complexity index is 2510. The average Bonchev–Trinajstić information content (AvgIpc) is 3.97. The van der Waals surface area contributed by atoms with Crippen molar-refractivity contribution in [2.75, 3.05) is 26.9 Å². The van der Waals surface area contributed by atoms with Gasteiger partial charge in [0.25, 0.3) is 0 Å². The Labute approximate surface area is 426 Å². The summed E-state index contributed by atoms with van der Waals surface area (Å²) in [5, 5.41) is 52.7. The highest BCUT2D eigenvalue weighted by Crippen LogP contribution is 2.67. The molecule has 13 heteroatoms. The van der Waals surface area contributed by atoms with E-state index in [2.05, 4.69) is 56.3 Å². The van der Waals surface area contributed by atoms with E-state index >= 15 is 0 Å². The van der Waals surface area contributed by atoms with Crippen LogP contribution < -0.4 is 10.1 Å². The van der Waals surface area contributed by atoms with Crippen molar-refractivity contribution in [1.29, 1.82) is 0 Å². The van der Waals surface area contributed by atoms with Gasteiger partial charge in [0.1, 0.15) is 24.7 Å². The van der Waals surface area contributed by atoms with Crippen molar-refractivity contribution in [3.63, 3.8) is 0 Å². The number of phenolic OH excluding ortho intramolecular Hbond substituents is 1. The van der Waals surface area contributed by atoms with Gasteiger partial charge in [-0.2, -0.15) is 0 Å². The second-order valence-corrected chi connectivity index (χ2v) is 22.3. The SMILES string of the molecule is COc1cc(/C=C/C(=O)C(Cc2cn(CCC(=O)COCC(=O)CCN[C@H]3CC[C@@]4(C)C(=CC[C@H]5[C@@H]6CC[C@H](C(C)CCCC(C)C)[C@@]6(C)CC[C@@H]54)C3)nn2)=C(O)/C=C/c2ccc(O)c(CO)c2)ccc1O. The molecule has 4 aliphatic rings. The molecule has 1 aromatic heterocycles. The zero-order valence-corrected chi connectivity index (χ0v) is 43.6. The minimum absolute atomic E-state index is 0.00782. The monoisotopic (exact) mass is 989 g/mol. The third-order valence-corrected chi connectivity index (χ3v) is 17.2. The second kappa shape index (κ2) is 24.6. The van der Waals surface area contributed by atoms with Gasteiger partial charge in [0.05, 0.1) is 19.4 Å². The van der Waals surface area contributed by atoms with E-state index < -0.39 is 5.78 Å². The quantitative estimate of drug-likeness (QED) is 0.0234. The number of benzene rings is 2. The van der Waals surface area contributed by atoms with Crippen LogP contribution in [0.1, 0.15) is 140 Å². The van der Waals surface area contributed by atoms with Crippen LogP contribution in [0.5, 0.6) is 17.2 Å². The van der Waals surface area contributed by atoms with Gasteiger partial charge >= 0.3 is 0 Å². The number of aromatic nitrogens is 3. The fourth-order valence-corrected chi connectivity index (χ4v) is 13.1. The van der Waals surface area contributed by atoms with Gasteiger partial charge in [-0.25, -0.2) is 0 Å². The van der Waals surface area contributed by atoms with Gasteiger partial charge in [-0.15, -0.1) is 5.10 Å². The van der Waals surface area contributed by atoms with E-state index in [1.165, 1.54) is 99.9 Å². The molecule has 390 valence electrons. The van der Waals surface area contributed by atoms with Crippen LogP contribution >= 0.6 is 0 Å². The molecule has 5 N–H and O–H groups in total. The number of aromatic hydroxyl groups is 2. The molecule has 3 fully saturated rings. The molecule has 13 nitrogen and oxygen atoms in total. The molecule has 0 aliphatic heterocycles. The standard InChI is InChI=1S/C59H80N4O9/c1-38(2)8-7-9-39(3)50-16-17-51-48-15-14-43-32-44(22-26-58(43,4)52(48)23-27-59(50,51)5)60-28-24-46(65)36-72-37-47(66)25-29-63-34-45(61-62-63)33-49(54(68)19-11-40-10-18-53(67)42(30-40)35-64)55(69)20-12-41-13-21-56(70)57(31-41)71-6/h10-14,18-21,30-31,34,38-39,44,48,50-52,60,64,67-68,70H,7-9,15-17,22-29,32-33,35-37H2,1-6H3/b19-11+,20-12+,54-49?/t39?,44-,48-,50+,51-,52-,58-,59+/m0/s1. The number of carbonyl (C=O) groups is 3. The summed E-state index contributed by atoms with van der Waals surface area (Å²) in [6.07, 6.45) is 24.6. The molecule has 3 aromatic rings. The number of aliphatic hydroxyl groups is 2. The Morgan fingerprint density at radius 1 is 0.903 bits per heavy atom. The maximum atomic E-state index is 13.6. The summed E-state index contributed by atoms with van der Waals surface area (Å²) < 4.78 is 12.2. The molecule has 1 unspecified atom stereocenters. The summed E-state index contributed by atoms with van der Waals surface area (Å²) in [5.41, 5.74) is 4.25. The lowest BCUT2D eigenvalue weighted by Crippen LogP contribution is -2.51. The van der Waals surface area contributed by atoms with Gasteiger partial charge in [0, 0.05) is 55.7 Å². The van der Waals surface area contributed by atoms with Gasteiger partial charge in [-0.05, 0) is 145 Å². The predicted octanol–water partition coefficient (Wildman–Crippen LogP) is 10.5. The van der Waals surface area contributed by atoms with Crippen molar-refractivity contribution in [2.24, 2.45) is 46.3 Å². The van der Waals surface area contributed by atoms with Gasteiger partial charge in [0.2, 0.25) is 0 Å².